The second-order valence-corrected chi connectivity index (χ2v) is 6.52. The molecule has 1 aliphatic rings. The zero-order chi connectivity index (χ0) is 12.3. The fourth-order valence-electron chi connectivity index (χ4n) is 2.75. The SMILES string of the molecule is Cc1nnc(CN(C)CC2(CO)CCCC2)s1. The van der Waals surface area contributed by atoms with E-state index in [4.69, 9.17) is 0 Å². The maximum Gasteiger partial charge on any atom is 0.131 e. The van der Waals surface area contributed by atoms with Gasteiger partial charge in [-0.15, -0.1) is 21.5 Å². The fourth-order valence-corrected chi connectivity index (χ4v) is 3.54. The van der Waals surface area contributed by atoms with Crippen LogP contribution in [0.2, 0.25) is 0 Å². The summed E-state index contributed by atoms with van der Waals surface area (Å²) in [6, 6.07) is 0. The Bertz CT molecular complexity index is 360. The van der Waals surface area contributed by atoms with Crippen LogP contribution in [0.25, 0.3) is 0 Å². The number of rotatable bonds is 5. The molecule has 1 heterocycles. The van der Waals surface area contributed by atoms with Crippen LogP contribution in [0, 0.1) is 12.3 Å². The zero-order valence-electron chi connectivity index (χ0n) is 10.6. The van der Waals surface area contributed by atoms with E-state index in [1.807, 2.05) is 6.92 Å². The molecule has 0 aliphatic heterocycles. The molecule has 0 bridgehead atoms. The number of aliphatic hydroxyl groups excluding tert-OH is 1. The number of aryl methyl sites for hydroxylation is 1. The molecule has 1 fully saturated rings. The maximum atomic E-state index is 9.58. The lowest BCUT2D eigenvalue weighted by molar-refractivity contribution is 0.0863. The van der Waals surface area contributed by atoms with Crippen LogP contribution >= 0.6 is 11.3 Å². The van der Waals surface area contributed by atoms with E-state index in [9.17, 15) is 5.11 Å². The quantitative estimate of drug-likeness (QED) is 0.872. The minimum Gasteiger partial charge on any atom is -0.396 e. The molecule has 5 heteroatoms. The molecule has 1 N–H and O–H groups in total. The van der Waals surface area contributed by atoms with Crippen molar-refractivity contribution in [3.63, 3.8) is 0 Å². The first-order chi connectivity index (χ1) is 8.13. The molecule has 1 aliphatic carbocycles. The zero-order valence-corrected chi connectivity index (χ0v) is 11.5. The van der Waals surface area contributed by atoms with E-state index in [1.54, 1.807) is 11.3 Å². The van der Waals surface area contributed by atoms with E-state index in [0.29, 0.717) is 6.61 Å². The van der Waals surface area contributed by atoms with Crippen LogP contribution in [0.4, 0.5) is 0 Å². The second kappa shape index (κ2) is 5.42. The Balaban J connectivity index is 1.90. The molecule has 0 amide bonds. The summed E-state index contributed by atoms with van der Waals surface area (Å²) in [5.74, 6) is 0. The Kier molecular flexibility index (Phi) is 4.12. The van der Waals surface area contributed by atoms with Crippen LogP contribution < -0.4 is 0 Å². The molecule has 0 atom stereocenters. The van der Waals surface area contributed by atoms with Crippen molar-refractivity contribution in [1.82, 2.24) is 15.1 Å². The molecule has 0 aromatic carbocycles. The summed E-state index contributed by atoms with van der Waals surface area (Å²) < 4.78 is 0. The largest absolute Gasteiger partial charge is 0.396 e. The van der Waals surface area contributed by atoms with Crippen LogP contribution in [0.3, 0.4) is 0 Å². The molecule has 2 rings (SSSR count). The Labute approximate surface area is 107 Å². The van der Waals surface area contributed by atoms with E-state index >= 15 is 0 Å². The molecular weight excluding hydrogens is 234 g/mol. The van der Waals surface area contributed by atoms with E-state index in [-0.39, 0.29) is 5.41 Å². The summed E-state index contributed by atoms with van der Waals surface area (Å²) in [6.07, 6.45) is 4.82. The normalized spacial score (nSPS) is 19.1. The second-order valence-electron chi connectivity index (χ2n) is 5.25. The average molecular weight is 255 g/mol. The molecule has 0 unspecified atom stereocenters. The van der Waals surface area contributed by atoms with Crippen molar-refractivity contribution in [3.05, 3.63) is 10.0 Å². The maximum absolute atomic E-state index is 9.58. The van der Waals surface area contributed by atoms with Crippen LogP contribution in [-0.4, -0.2) is 40.4 Å². The van der Waals surface area contributed by atoms with E-state index in [1.165, 1.54) is 12.8 Å². The average Bonchev–Trinajstić information content (AvgIpc) is 2.89. The summed E-state index contributed by atoms with van der Waals surface area (Å²) in [5, 5.41) is 19.8. The molecule has 17 heavy (non-hydrogen) atoms. The fraction of sp³-hybridized carbons (Fsp3) is 0.833. The third kappa shape index (κ3) is 3.24. The van der Waals surface area contributed by atoms with Gasteiger partial charge in [0.25, 0.3) is 0 Å². The summed E-state index contributed by atoms with van der Waals surface area (Å²) >= 11 is 1.65. The summed E-state index contributed by atoms with van der Waals surface area (Å²) in [7, 11) is 2.10. The van der Waals surface area contributed by atoms with Gasteiger partial charge in [0.15, 0.2) is 0 Å². The Morgan fingerprint density at radius 2 is 2.06 bits per heavy atom. The molecule has 96 valence electrons. The lowest BCUT2D eigenvalue weighted by Crippen LogP contribution is -2.36. The van der Waals surface area contributed by atoms with E-state index < -0.39 is 0 Å². The van der Waals surface area contributed by atoms with Crippen molar-refractivity contribution in [3.8, 4) is 0 Å². The standard InChI is InChI=1S/C12H21N3OS/c1-10-13-14-11(17-10)7-15(2)8-12(9-16)5-3-4-6-12/h16H,3-9H2,1-2H3. The predicted octanol–water partition coefficient (Wildman–Crippen LogP) is 1.83. The van der Waals surface area contributed by atoms with Gasteiger partial charge in [-0.2, -0.15) is 0 Å². The lowest BCUT2D eigenvalue weighted by atomic mass is 9.87. The topological polar surface area (TPSA) is 49.2 Å². The molecule has 1 aromatic rings. The Hall–Kier alpha value is -0.520. The van der Waals surface area contributed by atoms with Gasteiger partial charge < -0.3 is 5.11 Å². The van der Waals surface area contributed by atoms with Gasteiger partial charge >= 0.3 is 0 Å². The molecular formula is C12H21N3OS. The first kappa shape index (κ1) is 12.9. The van der Waals surface area contributed by atoms with Crippen molar-refractivity contribution in [2.24, 2.45) is 5.41 Å². The van der Waals surface area contributed by atoms with Gasteiger partial charge in [-0.1, -0.05) is 12.8 Å². The number of hydrogen-bond acceptors (Lipinski definition) is 5. The number of aliphatic hydroxyl groups is 1. The monoisotopic (exact) mass is 255 g/mol. The molecule has 1 aromatic heterocycles. The van der Waals surface area contributed by atoms with Gasteiger partial charge in [-0.3, -0.25) is 4.90 Å². The highest BCUT2D eigenvalue weighted by Gasteiger charge is 2.34. The summed E-state index contributed by atoms with van der Waals surface area (Å²) in [5.41, 5.74) is 0.133. The van der Waals surface area contributed by atoms with Gasteiger partial charge in [0.2, 0.25) is 0 Å². The smallest absolute Gasteiger partial charge is 0.131 e. The van der Waals surface area contributed by atoms with Crippen molar-refractivity contribution >= 4 is 11.3 Å². The van der Waals surface area contributed by atoms with Crippen molar-refractivity contribution in [1.29, 1.82) is 0 Å². The van der Waals surface area contributed by atoms with Crippen molar-refractivity contribution < 1.29 is 5.11 Å². The Morgan fingerprint density at radius 1 is 1.35 bits per heavy atom. The first-order valence-electron chi connectivity index (χ1n) is 6.22. The summed E-state index contributed by atoms with van der Waals surface area (Å²) in [6.45, 7) is 4.09. The highest BCUT2D eigenvalue weighted by Crippen LogP contribution is 2.38. The third-order valence-corrected chi connectivity index (χ3v) is 4.40. The number of aromatic nitrogens is 2. The van der Waals surface area contributed by atoms with Crippen LogP contribution in [-0.2, 0) is 6.54 Å². The van der Waals surface area contributed by atoms with Gasteiger partial charge in [0, 0.05) is 18.6 Å². The predicted molar refractivity (Wildman–Crippen MR) is 69.0 cm³/mol. The van der Waals surface area contributed by atoms with Gasteiger partial charge in [-0.25, -0.2) is 0 Å². The van der Waals surface area contributed by atoms with E-state index in [0.717, 1.165) is 35.9 Å². The minimum atomic E-state index is 0.133. The van der Waals surface area contributed by atoms with Gasteiger partial charge in [0.1, 0.15) is 10.0 Å². The molecule has 1 saturated carbocycles. The van der Waals surface area contributed by atoms with Gasteiger partial charge in [0.05, 0.1) is 6.54 Å². The van der Waals surface area contributed by atoms with Crippen molar-refractivity contribution in [2.75, 3.05) is 20.2 Å². The third-order valence-electron chi connectivity index (χ3n) is 3.58. The van der Waals surface area contributed by atoms with Crippen LogP contribution in [0.5, 0.6) is 0 Å². The lowest BCUT2D eigenvalue weighted by Gasteiger charge is -2.31. The van der Waals surface area contributed by atoms with Crippen molar-refractivity contribution in [2.45, 2.75) is 39.2 Å². The number of nitrogens with zero attached hydrogens (tertiary/aromatic N) is 3. The molecule has 0 saturated heterocycles. The first-order valence-corrected chi connectivity index (χ1v) is 7.04. The van der Waals surface area contributed by atoms with Crippen LogP contribution in [0.15, 0.2) is 0 Å². The summed E-state index contributed by atoms with van der Waals surface area (Å²) in [4.78, 5) is 2.27. The Morgan fingerprint density at radius 3 is 2.59 bits per heavy atom. The highest BCUT2D eigenvalue weighted by molar-refractivity contribution is 7.11. The van der Waals surface area contributed by atoms with E-state index in [2.05, 4.69) is 22.1 Å². The minimum absolute atomic E-state index is 0.133. The molecule has 0 spiro atoms. The molecule has 0 radical (unpaired) electrons. The van der Waals surface area contributed by atoms with Gasteiger partial charge in [-0.05, 0) is 26.8 Å². The number of hydrogen-bond donors (Lipinski definition) is 1. The molecule has 4 nitrogen and oxygen atoms in total. The highest BCUT2D eigenvalue weighted by atomic mass is 32.1. The van der Waals surface area contributed by atoms with Crippen LogP contribution in [0.1, 0.15) is 35.7 Å².